The van der Waals surface area contributed by atoms with E-state index in [4.69, 9.17) is 15.2 Å². The second kappa shape index (κ2) is 4.96. The highest BCUT2D eigenvalue weighted by molar-refractivity contribution is 5.63. The summed E-state index contributed by atoms with van der Waals surface area (Å²) in [5.41, 5.74) is 11.1. The van der Waals surface area contributed by atoms with Gasteiger partial charge in [0, 0.05) is 29.5 Å². The summed E-state index contributed by atoms with van der Waals surface area (Å²) >= 11 is 0. The predicted octanol–water partition coefficient (Wildman–Crippen LogP) is 3.09. The molecule has 3 unspecified atom stereocenters. The van der Waals surface area contributed by atoms with Crippen molar-refractivity contribution in [3.63, 3.8) is 0 Å². The molecule has 3 rings (SSSR count). The first-order chi connectivity index (χ1) is 9.52. The van der Waals surface area contributed by atoms with Crippen molar-refractivity contribution in [1.82, 2.24) is 0 Å². The zero-order valence-corrected chi connectivity index (χ0v) is 13.0. The van der Waals surface area contributed by atoms with Crippen LogP contribution >= 0.6 is 0 Å². The van der Waals surface area contributed by atoms with Crippen LogP contribution in [0.1, 0.15) is 55.4 Å². The fourth-order valence-corrected chi connectivity index (χ4v) is 3.67. The first-order valence-electron chi connectivity index (χ1n) is 7.74. The summed E-state index contributed by atoms with van der Waals surface area (Å²) in [5, 5.41) is 0. The van der Waals surface area contributed by atoms with Crippen molar-refractivity contribution in [3.05, 3.63) is 22.3 Å². The van der Waals surface area contributed by atoms with Gasteiger partial charge in [-0.15, -0.1) is 0 Å². The van der Waals surface area contributed by atoms with E-state index in [1.54, 1.807) is 0 Å². The Kier molecular flexibility index (Phi) is 3.41. The first-order valence-corrected chi connectivity index (χ1v) is 7.74. The van der Waals surface area contributed by atoms with Gasteiger partial charge in [0.05, 0.1) is 0 Å². The van der Waals surface area contributed by atoms with Gasteiger partial charge in [-0.05, 0) is 45.2 Å². The van der Waals surface area contributed by atoms with Crippen LogP contribution in [0.15, 0.2) is 0 Å². The Morgan fingerprint density at radius 2 is 1.70 bits per heavy atom. The van der Waals surface area contributed by atoms with Crippen molar-refractivity contribution in [2.45, 2.75) is 65.1 Å². The third-order valence-electron chi connectivity index (χ3n) is 4.62. The van der Waals surface area contributed by atoms with Crippen molar-refractivity contribution < 1.29 is 9.47 Å². The molecule has 0 amide bonds. The molecule has 3 heteroatoms. The lowest BCUT2D eigenvalue weighted by molar-refractivity contribution is 0.250. The maximum absolute atomic E-state index is 6.15. The molecular weight excluding hydrogens is 250 g/mol. The van der Waals surface area contributed by atoms with E-state index in [1.165, 1.54) is 22.3 Å². The SMILES string of the molecule is Cc1c2c(c(C(C)CCN)c3c1OC(C)C3)OC(C)C2. The summed E-state index contributed by atoms with van der Waals surface area (Å²) < 4.78 is 12.2. The third-order valence-corrected chi connectivity index (χ3v) is 4.62. The van der Waals surface area contributed by atoms with Crippen molar-refractivity contribution in [2.75, 3.05) is 6.54 Å². The summed E-state index contributed by atoms with van der Waals surface area (Å²) in [5.74, 6) is 2.68. The fraction of sp³-hybridized carbons (Fsp3) is 0.647. The maximum atomic E-state index is 6.15. The smallest absolute Gasteiger partial charge is 0.127 e. The molecule has 0 aromatic heterocycles. The summed E-state index contributed by atoms with van der Waals surface area (Å²) in [6.45, 7) is 9.43. The number of hydrogen-bond donors (Lipinski definition) is 1. The Balaban J connectivity index is 2.17. The van der Waals surface area contributed by atoms with E-state index >= 15 is 0 Å². The highest BCUT2D eigenvalue weighted by Crippen LogP contribution is 2.49. The second-order valence-corrected chi connectivity index (χ2v) is 6.40. The molecule has 3 nitrogen and oxygen atoms in total. The fourth-order valence-electron chi connectivity index (χ4n) is 3.67. The average Bonchev–Trinajstić information content (AvgIpc) is 2.93. The van der Waals surface area contributed by atoms with Crippen LogP contribution in [-0.2, 0) is 12.8 Å². The molecule has 2 aliphatic rings. The molecule has 0 saturated heterocycles. The van der Waals surface area contributed by atoms with Crippen LogP contribution < -0.4 is 15.2 Å². The number of benzene rings is 1. The molecule has 0 bridgehead atoms. The summed E-state index contributed by atoms with van der Waals surface area (Å²) in [7, 11) is 0. The molecule has 0 radical (unpaired) electrons. The van der Waals surface area contributed by atoms with E-state index in [2.05, 4.69) is 27.7 Å². The monoisotopic (exact) mass is 275 g/mol. The molecular formula is C17H25NO2. The quantitative estimate of drug-likeness (QED) is 0.922. The maximum Gasteiger partial charge on any atom is 0.127 e. The summed E-state index contributed by atoms with van der Waals surface area (Å²) in [4.78, 5) is 0. The minimum Gasteiger partial charge on any atom is -0.490 e. The van der Waals surface area contributed by atoms with E-state index < -0.39 is 0 Å². The molecule has 110 valence electrons. The number of ether oxygens (including phenoxy) is 2. The van der Waals surface area contributed by atoms with Crippen LogP contribution in [0.5, 0.6) is 11.5 Å². The van der Waals surface area contributed by atoms with Gasteiger partial charge in [0.25, 0.3) is 0 Å². The zero-order chi connectivity index (χ0) is 14.4. The minimum atomic E-state index is 0.271. The molecule has 2 heterocycles. The number of fused-ring (bicyclic) bond motifs is 2. The van der Waals surface area contributed by atoms with Gasteiger partial charge in [0.15, 0.2) is 0 Å². The molecule has 2 aliphatic heterocycles. The minimum absolute atomic E-state index is 0.271. The molecule has 2 N–H and O–H groups in total. The largest absolute Gasteiger partial charge is 0.490 e. The van der Waals surface area contributed by atoms with Gasteiger partial charge in [-0.1, -0.05) is 6.92 Å². The highest BCUT2D eigenvalue weighted by atomic mass is 16.5. The Bertz CT molecular complexity index is 499. The lowest BCUT2D eigenvalue weighted by Crippen LogP contribution is -2.10. The van der Waals surface area contributed by atoms with Gasteiger partial charge in [-0.25, -0.2) is 0 Å². The normalized spacial score (nSPS) is 24.9. The Hall–Kier alpha value is -1.22. The van der Waals surface area contributed by atoms with Crippen molar-refractivity contribution in [3.8, 4) is 11.5 Å². The van der Waals surface area contributed by atoms with Crippen LogP contribution in [0.25, 0.3) is 0 Å². The van der Waals surface area contributed by atoms with Gasteiger partial charge in [0.1, 0.15) is 23.7 Å². The zero-order valence-electron chi connectivity index (χ0n) is 13.0. The highest BCUT2D eigenvalue weighted by Gasteiger charge is 2.35. The average molecular weight is 275 g/mol. The Morgan fingerprint density at radius 1 is 1.10 bits per heavy atom. The van der Waals surface area contributed by atoms with Crippen LogP contribution in [0.4, 0.5) is 0 Å². The van der Waals surface area contributed by atoms with Gasteiger partial charge in [-0.2, -0.15) is 0 Å². The van der Waals surface area contributed by atoms with Crippen molar-refractivity contribution >= 4 is 0 Å². The summed E-state index contributed by atoms with van der Waals surface area (Å²) in [6, 6.07) is 0. The van der Waals surface area contributed by atoms with Crippen molar-refractivity contribution in [1.29, 1.82) is 0 Å². The second-order valence-electron chi connectivity index (χ2n) is 6.40. The predicted molar refractivity (Wildman–Crippen MR) is 80.9 cm³/mol. The molecule has 0 fully saturated rings. The van der Waals surface area contributed by atoms with E-state index in [1.807, 2.05) is 0 Å². The number of rotatable bonds is 3. The van der Waals surface area contributed by atoms with Crippen LogP contribution in [0.2, 0.25) is 0 Å². The van der Waals surface area contributed by atoms with Gasteiger partial charge < -0.3 is 15.2 Å². The third kappa shape index (κ3) is 1.99. The lowest BCUT2D eigenvalue weighted by Gasteiger charge is -2.20. The van der Waals surface area contributed by atoms with Gasteiger partial charge >= 0.3 is 0 Å². The summed E-state index contributed by atoms with van der Waals surface area (Å²) in [6.07, 6.45) is 3.52. The van der Waals surface area contributed by atoms with Crippen LogP contribution in [0.3, 0.4) is 0 Å². The Morgan fingerprint density at radius 3 is 2.35 bits per heavy atom. The van der Waals surface area contributed by atoms with Crippen LogP contribution in [0, 0.1) is 6.92 Å². The number of hydrogen-bond acceptors (Lipinski definition) is 3. The van der Waals surface area contributed by atoms with Gasteiger partial charge in [-0.3, -0.25) is 0 Å². The van der Waals surface area contributed by atoms with Crippen LogP contribution in [-0.4, -0.2) is 18.8 Å². The molecule has 1 aromatic rings. The molecule has 3 atom stereocenters. The number of nitrogens with two attached hydrogens (primary N) is 1. The molecule has 0 aliphatic carbocycles. The van der Waals surface area contributed by atoms with E-state index in [-0.39, 0.29) is 12.2 Å². The van der Waals surface area contributed by atoms with E-state index in [0.717, 1.165) is 30.8 Å². The van der Waals surface area contributed by atoms with Gasteiger partial charge in [0.2, 0.25) is 0 Å². The molecule has 0 spiro atoms. The molecule has 0 saturated carbocycles. The topological polar surface area (TPSA) is 44.5 Å². The molecule has 1 aromatic carbocycles. The Labute approximate surface area is 121 Å². The van der Waals surface area contributed by atoms with E-state index in [9.17, 15) is 0 Å². The molecule has 20 heavy (non-hydrogen) atoms. The lowest BCUT2D eigenvalue weighted by atomic mass is 9.86. The standard InChI is InChI=1S/C17H25NO2/c1-9(5-6-18)15-14-8-11(3)19-16(14)12(4)13-7-10(2)20-17(13)15/h9-11H,5-8,18H2,1-4H3. The van der Waals surface area contributed by atoms with E-state index in [0.29, 0.717) is 12.5 Å². The first kappa shape index (κ1) is 13.7. The van der Waals surface area contributed by atoms with Crippen molar-refractivity contribution in [2.24, 2.45) is 5.73 Å².